The summed E-state index contributed by atoms with van der Waals surface area (Å²) in [6.07, 6.45) is 67.2. The topological polar surface area (TPSA) is 78.9 Å². The van der Waals surface area contributed by atoms with E-state index in [1.165, 1.54) is 25.7 Å². The number of hydrogen-bond donors (Lipinski definition) is 0. The van der Waals surface area contributed by atoms with Gasteiger partial charge in [0, 0.05) is 19.3 Å². The molecule has 0 saturated heterocycles. The van der Waals surface area contributed by atoms with Crippen molar-refractivity contribution >= 4 is 17.9 Å². The molecule has 0 bridgehead atoms. The van der Waals surface area contributed by atoms with Crippen molar-refractivity contribution in [2.75, 3.05) is 13.2 Å². The molecule has 0 N–H and O–H groups in total. The van der Waals surface area contributed by atoms with E-state index in [1.807, 2.05) is 42.5 Å². The first-order chi connectivity index (χ1) is 30.0. The van der Waals surface area contributed by atoms with Gasteiger partial charge in [0.1, 0.15) is 13.2 Å². The molecule has 6 heteroatoms. The Hall–Kier alpha value is -4.45. The van der Waals surface area contributed by atoms with Crippen molar-refractivity contribution in [1.29, 1.82) is 0 Å². The minimum Gasteiger partial charge on any atom is -0.462 e. The van der Waals surface area contributed by atoms with Crippen molar-refractivity contribution < 1.29 is 28.6 Å². The lowest BCUT2D eigenvalue weighted by atomic mass is 10.1. The van der Waals surface area contributed by atoms with Crippen LogP contribution in [-0.4, -0.2) is 37.2 Å². The zero-order valence-corrected chi connectivity index (χ0v) is 38.6. The molecule has 0 aromatic heterocycles. The smallest absolute Gasteiger partial charge is 0.306 e. The van der Waals surface area contributed by atoms with Crippen molar-refractivity contribution in [3.8, 4) is 0 Å². The standard InChI is InChI=1S/C55H84O6/c1-4-7-10-13-16-19-22-25-26-27-28-31-33-36-39-42-45-48-54(57)60-51-52(61-55(58)49-46-43-40-37-34-30-24-21-18-15-12-9-6-3)50-59-53(56)47-44-41-38-35-32-29-23-20-17-14-11-8-5-2/h8-9,11-12,14-21,23-26,28,30-31,34,36,39,52H,4-7,10,13,22,27,29,32-33,35,37-38,40-51H2,1-3H3/b11-8-,12-9-,17-14-,18-15-,19-16-,23-20-,24-21-,26-25-,31-28-,34-30-,39-36-. The van der Waals surface area contributed by atoms with Gasteiger partial charge in [-0.3, -0.25) is 14.4 Å². The molecule has 0 aromatic carbocycles. The Labute approximate surface area is 373 Å². The van der Waals surface area contributed by atoms with E-state index in [2.05, 4.69) is 112 Å². The number of carbonyl (C=O) groups is 3. The predicted octanol–water partition coefficient (Wildman–Crippen LogP) is 15.5. The summed E-state index contributed by atoms with van der Waals surface area (Å²) in [6, 6.07) is 0. The third kappa shape index (κ3) is 46.5. The number of hydrogen-bond acceptors (Lipinski definition) is 6. The monoisotopic (exact) mass is 841 g/mol. The van der Waals surface area contributed by atoms with Crippen LogP contribution in [0, 0.1) is 0 Å². The summed E-state index contributed by atoms with van der Waals surface area (Å²) < 4.78 is 16.6. The maximum absolute atomic E-state index is 12.7. The highest BCUT2D eigenvalue weighted by atomic mass is 16.6. The molecule has 0 spiro atoms. The summed E-state index contributed by atoms with van der Waals surface area (Å²) in [6.45, 7) is 6.20. The fourth-order valence-electron chi connectivity index (χ4n) is 5.74. The van der Waals surface area contributed by atoms with Gasteiger partial charge in [0.05, 0.1) is 0 Å². The quantitative estimate of drug-likeness (QED) is 0.0201. The molecule has 0 fully saturated rings. The van der Waals surface area contributed by atoms with Gasteiger partial charge in [-0.05, 0) is 96.3 Å². The minimum absolute atomic E-state index is 0.127. The highest BCUT2D eigenvalue weighted by Gasteiger charge is 2.19. The Morgan fingerprint density at radius 3 is 1.23 bits per heavy atom. The summed E-state index contributed by atoms with van der Waals surface area (Å²) in [4.78, 5) is 37.8. The molecule has 61 heavy (non-hydrogen) atoms. The Bertz CT molecular complexity index is 1380. The SMILES string of the molecule is CC\C=C/C=C\C=C/C=C\CCCCCC(=O)OC(COC(=O)CCC/C=C\C/C=C\C/C=C\C/C=C\CCCCC)COC(=O)CCCCCCC\C=C/C=C\C=C/CC. The van der Waals surface area contributed by atoms with E-state index in [1.54, 1.807) is 0 Å². The fourth-order valence-corrected chi connectivity index (χ4v) is 5.74. The first kappa shape index (κ1) is 56.5. The van der Waals surface area contributed by atoms with Gasteiger partial charge >= 0.3 is 17.9 Å². The normalized spacial score (nSPS) is 13.3. The summed E-state index contributed by atoms with van der Waals surface area (Å²) in [5.41, 5.74) is 0. The Balaban J connectivity index is 4.59. The Morgan fingerprint density at radius 2 is 0.721 bits per heavy atom. The van der Waals surface area contributed by atoms with Gasteiger partial charge < -0.3 is 14.2 Å². The highest BCUT2D eigenvalue weighted by Crippen LogP contribution is 2.11. The second kappa shape index (κ2) is 48.2. The number of esters is 3. The summed E-state index contributed by atoms with van der Waals surface area (Å²) >= 11 is 0. The molecule has 1 atom stereocenters. The zero-order chi connectivity index (χ0) is 44.4. The van der Waals surface area contributed by atoms with Crippen LogP contribution < -0.4 is 0 Å². The summed E-state index contributed by atoms with van der Waals surface area (Å²) in [5.74, 6) is -1.06. The van der Waals surface area contributed by atoms with E-state index in [0.29, 0.717) is 19.3 Å². The van der Waals surface area contributed by atoms with Crippen molar-refractivity contribution in [2.24, 2.45) is 0 Å². The second-order valence-corrected chi connectivity index (χ2v) is 15.0. The molecular formula is C55H84O6. The molecule has 0 rings (SSSR count). The maximum Gasteiger partial charge on any atom is 0.306 e. The van der Waals surface area contributed by atoms with E-state index < -0.39 is 6.10 Å². The highest BCUT2D eigenvalue weighted by molar-refractivity contribution is 5.71. The van der Waals surface area contributed by atoms with Crippen molar-refractivity contribution in [3.63, 3.8) is 0 Å². The molecule has 0 amide bonds. The van der Waals surface area contributed by atoms with Crippen LogP contribution in [0.5, 0.6) is 0 Å². The average molecular weight is 841 g/mol. The molecule has 0 aromatic rings. The largest absolute Gasteiger partial charge is 0.462 e. The molecule has 340 valence electrons. The van der Waals surface area contributed by atoms with E-state index >= 15 is 0 Å². The van der Waals surface area contributed by atoms with E-state index in [4.69, 9.17) is 14.2 Å². The van der Waals surface area contributed by atoms with Gasteiger partial charge in [0.15, 0.2) is 6.10 Å². The van der Waals surface area contributed by atoms with Crippen LogP contribution in [0.15, 0.2) is 134 Å². The van der Waals surface area contributed by atoms with Gasteiger partial charge in [-0.1, -0.05) is 193 Å². The minimum atomic E-state index is -0.833. The molecule has 1 unspecified atom stereocenters. The Kier molecular flexibility index (Phi) is 44.7. The molecule has 0 aliphatic carbocycles. The van der Waals surface area contributed by atoms with E-state index in [-0.39, 0.29) is 44.0 Å². The van der Waals surface area contributed by atoms with Gasteiger partial charge in [0.25, 0.3) is 0 Å². The average Bonchev–Trinajstić information content (AvgIpc) is 3.26. The fraction of sp³-hybridized carbons (Fsp3) is 0.545. The van der Waals surface area contributed by atoms with Crippen LogP contribution in [0.1, 0.15) is 175 Å². The summed E-state index contributed by atoms with van der Waals surface area (Å²) in [7, 11) is 0. The lowest BCUT2D eigenvalue weighted by Gasteiger charge is -2.18. The third-order valence-electron chi connectivity index (χ3n) is 9.28. The zero-order valence-electron chi connectivity index (χ0n) is 38.6. The van der Waals surface area contributed by atoms with Crippen LogP contribution in [0.4, 0.5) is 0 Å². The lowest BCUT2D eigenvalue weighted by Crippen LogP contribution is -2.30. The second-order valence-electron chi connectivity index (χ2n) is 15.0. The first-order valence-corrected chi connectivity index (χ1v) is 23.8. The van der Waals surface area contributed by atoms with Crippen LogP contribution >= 0.6 is 0 Å². The first-order valence-electron chi connectivity index (χ1n) is 23.8. The van der Waals surface area contributed by atoms with Crippen LogP contribution in [0.25, 0.3) is 0 Å². The molecule has 6 nitrogen and oxygen atoms in total. The van der Waals surface area contributed by atoms with Gasteiger partial charge in [0.2, 0.25) is 0 Å². The number of ether oxygens (including phenoxy) is 3. The maximum atomic E-state index is 12.7. The molecule has 0 radical (unpaired) electrons. The molecule has 0 heterocycles. The van der Waals surface area contributed by atoms with Crippen LogP contribution in [0.2, 0.25) is 0 Å². The molecule has 0 saturated carbocycles. The van der Waals surface area contributed by atoms with Crippen LogP contribution in [0.3, 0.4) is 0 Å². The van der Waals surface area contributed by atoms with E-state index in [0.717, 1.165) is 96.3 Å². The number of unbranched alkanes of at least 4 members (excludes halogenated alkanes) is 12. The van der Waals surface area contributed by atoms with Gasteiger partial charge in [-0.2, -0.15) is 0 Å². The number of allylic oxidation sites excluding steroid dienone is 22. The lowest BCUT2D eigenvalue weighted by molar-refractivity contribution is -0.167. The molecular weight excluding hydrogens is 757 g/mol. The van der Waals surface area contributed by atoms with Crippen LogP contribution in [-0.2, 0) is 28.6 Å². The van der Waals surface area contributed by atoms with Gasteiger partial charge in [-0.25, -0.2) is 0 Å². The molecule has 0 aliphatic heterocycles. The van der Waals surface area contributed by atoms with Crippen molar-refractivity contribution in [1.82, 2.24) is 0 Å². The summed E-state index contributed by atoms with van der Waals surface area (Å²) in [5, 5.41) is 0. The van der Waals surface area contributed by atoms with E-state index in [9.17, 15) is 14.4 Å². The van der Waals surface area contributed by atoms with Crippen molar-refractivity contribution in [2.45, 2.75) is 181 Å². The Morgan fingerprint density at radius 1 is 0.361 bits per heavy atom. The molecule has 0 aliphatic rings. The van der Waals surface area contributed by atoms with Crippen molar-refractivity contribution in [3.05, 3.63) is 134 Å². The number of rotatable bonds is 40. The third-order valence-corrected chi connectivity index (χ3v) is 9.28. The number of carbonyl (C=O) groups excluding carboxylic acids is 3. The van der Waals surface area contributed by atoms with Gasteiger partial charge in [-0.15, -0.1) is 0 Å². The predicted molar refractivity (Wildman–Crippen MR) is 260 cm³/mol.